The third-order valence-electron chi connectivity index (χ3n) is 4.99. The molecule has 1 unspecified atom stereocenters. The Morgan fingerprint density at radius 3 is 2.15 bits per heavy atom. The number of aromatic nitrogens is 2. The molecule has 1 aliphatic rings. The fourth-order valence-corrected chi connectivity index (χ4v) is 4.06. The van der Waals surface area contributed by atoms with E-state index in [1.54, 1.807) is 0 Å². The maximum atomic E-state index is 14.2. The van der Waals surface area contributed by atoms with Crippen LogP contribution in [0.15, 0.2) is 12.1 Å². The lowest BCUT2D eigenvalue weighted by Crippen LogP contribution is -2.37. The summed E-state index contributed by atoms with van der Waals surface area (Å²) in [5.74, 6) is -5.57. The average molecular weight is 537 g/mol. The molecule has 0 radical (unpaired) electrons. The smallest absolute Gasteiger partial charge is 0.420 e. The first-order chi connectivity index (χ1) is 15.5. The zero-order chi connectivity index (χ0) is 25.9. The van der Waals surface area contributed by atoms with E-state index in [9.17, 15) is 45.2 Å². The molecule has 0 spiro atoms. The highest BCUT2D eigenvalue weighted by Crippen LogP contribution is 2.70. The van der Waals surface area contributed by atoms with Gasteiger partial charge >= 0.3 is 18.4 Å². The number of amides is 1. The van der Waals surface area contributed by atoms with Gasteiger partial charge in [-0.1, -0.05) is 23.2 Å². The lowest BCUT2D eigenvalue weighted by atomic mass is 9.93. The number of hydrogen-bond acceptors (Lipinski definition) is 4. The number of aromatic amines is 1. The van der Waals surface area contributed by atoms with Crippen LogP contribution >= 0.6 is 23.2 Å². The van der Waals surface area contributed by atoms with Gasteiger partial charge in [0.2, 0.25) is 0 Å². The summed E-state index contributed by atoms with van der Waals surface area (Å²) >= 11 is 11.8. The Morgan fingerprint density at radius 1 is 1.24 bits per heavy atom. The van der Waals surface area contributed by atoms with Gasteiger partial charge in [0.05, 0.1) is 33.5 Å². The van der Waals surface area contributed by atoms with Crippen LogP contribution in [-0.2, 0) is 16.3 Å². The van der Waals surface area contributed by atoms with Crippen LogP contribution in [0.4, 0.5) is 51.4 Å². The molecular weight excluding hydrogens is 527 g/mol. The van der Waals surface area contributed by atoms with Gasteiger partial charge in [-0.25, -0.2) is 18.5 Å². The molecule has 1 atom stereocenters. The zero-order valence-corrected chi connectivity index (χ0v) is 18.0. The van der Waals surface area contributed by atoms with Gasteiger partial charge < -0.3 is 4.74 Å². The number of alkyl halides is 8. The Bertz CT molecular complexity index is 1170. The Balaban J connectivity index is 2.35. The predicted octanol–water partition coefficient (Wildman–Crippen LogP) is 6.74. The largest absolute Gasteiger partial charge is 0.449 e. The second-order valence-electron chi connectivity index (χ2n) is 7.01. The van der Waals surface area contributed by atoms with E-state index >= 15 is 0 Å². The number of H-pyrrole nitrogens is 1. The van der Waals surface area contributed by atoms with E-state index < -0.39 is 81.2 Å². The van der Waals surface area contributed by atoms with E-state index in [1.807, 2.05) is 5.10 Å². The van der Waals surface area contributed by atoms with E-state index in [-0.39, 0.29) is 4.90 Å². The van der Waals surface area contributed by atoms with E-state index in [2.05, 4.69) is 5.10 Å². The predicted molar refractivity (Wildman–Crippen MR) is 101 cm³/mol. The molecule has 1 amide bonds. The van der Waals surface area contributed by atoms with Crippen molar-refractivity contribution >= 4 is 40.8 Å². The van der Waals surface area contributed by atoms with Crippen molar-refractivity contribution < 1.29 is 44.7 Å². The number of rotatable bonds is 4. The van der Waals surface area contributed by atoms with Crippen LogP contribution in [0.2, 0.25) is 10.0 Å². The first-order valence-electron chi connectivity index (χ1n) is 9.00. The molecule has 34 heavy (non-hydrogen) atoms. The third kappa shape index (κ3) is 3.90. The van der Waals surface area contributed by atoms with E-state index in [0.717, 1.165) is 0 Å². The number of hydrogen-bond donors (Lipinski definition) is 1. The van der Waals surface area contributed by atoms with Gasteiger partial charge in [-0.05, 0) is 19.1 Å². The second kappa shape index (κ2) is 8.16. The van der Waals surface area contributed by atoms with Crippen LogP contribution in [0.3, 0.4) is 0 Å². The van der Waals surface area contributed by atoms with Crippen LogP contribution in [0.25, 0.3) is 0 Å². The number of ether oxygens (including phenoxy) is 1. The first-order valence-corrected chi connectivity index (χ1v) is 9.75. The lowest BCUT2D eigenvalue weighted by Gasteiger charge is -2.27. The van der Waals surface area contributed by atoms with Crippen LogP contribution in [-0.4, -0.2) is 35.0 Å². The minimum atomic E-state index is -5.62. The first kappa shape index (κ1) is 25.8. The number of nitrogens with zero attached hydrogens (tertiary/aromatic N) is 3. The fraction of sp³-hybridized carbons (Fsp3) is 0.389. The van der Waals surface area contributed by atoms with Crippen LogP contribution in [0.5, 0.6) is 0 Å². The van der Waals surface area contributed by atoms with Crippen molar-refractivity contribution in [3.05, 3.63) is 39.0 Å². The molecule has 0 saturated heterocycles. The standard InChI is InChI=1S/C18H10Cl2F8N4O2/c1-2-34-14(33)32(12-8(19)3-7(4-9(12)20)17(23,24)25)13-11(10(5-29)30-31-13)15(18(26,27)28)6-16(15,21)22/h3-4H,2,6H2,1H3,(H,30,31). The van der Waals surface area contributed by atoms with Gasteiger partial charge in [0.25, 0.3) is 5.92 Å². The Morgan fingerprint density at radius 2 is 1.76 bits per heavy atom. The summed E-state index contributed by atoms with van der Waals surface area (Å²) in [6.07, 6.45) is -13.9. The van der Waals surface area contributed by atoms with Crippen molar-refractivity contribution in [2.24, 2.45) is 0 Å². The van der Waals surface area contributed by atoms with E-state index in [1.165, 1.54) is 13.0 Å². The second-order valence-corrected chi connectivity index (χ2v) is 7.83. The number of benzene rings is 1. The van der Waals surface area contributed by atoms with E-state index in [0.29, 0.717) is 12.1 Å². The number of halogens is 10. The molecule has 6 nitrogen and oxygen atoms in total. The molecule has 0 bridgehead atoms. The van der Waals surface area contributed by atoms with Gasteiger partial charge in [-0.2, -0.15) is 36.7 Å². The molecule has 1 aliphatic carbocycles. The highest BCUT2D eigenvalue weighted by Gasteiger charge is 2.86. The topological polar surface area (TPSA) is 82.0 Å². The molecule has 0 aliphatic heterocycles. The lowest BCUT2D eigenvalue weighted by molar-refractivity contribution is -0.182. The summed E-state index contributed by atoms with van der Waals surface area (Å²) in [5.41, 5.74) is -8.57. The van der Waals surface area contributed by atoms with Gasteiger partial charge in [0.1, 0.15) is 11.8 Å². The summed E-state index contributed by atoms with van der Waals surface area (Å²) in [6.45, 7) is 0.890. The van der Waals surface area contributed by atoms with Crippen molar-refractivity contribution in [1.82, 2.24) is 10.2 Å². The summed E-state index contributed by atoms with van der Waals surface area (Å²) in [5, 5.41) is 12.7. The minimum Gasteiger partial charge on any atom is -0.449 e. The van der Waals surface area contributed by atoms with Gasteiger partial charge in [-0.15, -0.1) is 0 Å². The number of carbonyl (C=O) groups excluding carboxylic acids is 1. The molecule has 184 valence electrons. The molecular formula is C18H10Cl2F8N4O2. The van der Waals surface area contributed by atoms with Crippen LogP contribution in [0, 0.1) is 11.3 Å². The molecule has 1 heterocycles. The number of anilines is 2. The van der Waals surface area contributed by atoms with E-state index in [4.69, 9.17) is 27.9 Å². The normalized spacial score (nSPS) is 19.5. The van der Waals surface area contributed by atoms with Crippen LogP contribution < -0.4 is 4.90 Å². The monoisotopic (exact) mass is 536 g/mol. The summed E-state index contributed by atoms with van der Waals surface area (Å²) < 4.78 is 114. The molecule has 1 aromatic carbocycles. The Kier molecular flexibility index (Phi) is 6.20. The van der Waals surface area contributed by atoms with Gasteiger partial charge in [-0.3, -0.25) is 5.10 Å². The maximum absolute atomic E-state index is 14.2. The SMILES string of the molecule is CCOC(=O)N(c1n[nH]c(C#N)c1C1(C(F)(F)F)CC1(F)F)c1c(Cl)cc(C(F)(F)F)cc1Cl. The van der Waals surface area contributed by atoms with Gasteiger partial charge in [0, 0.05) is 6.42 Å². The molecule has 16 heteroatoms. The van der Waals surface area contributed by atoms with Crippen molar-refractivity contribution in [3.63, 3.8) is 0 Å². The van der Waals surface area contributed by atoms with Crippen molar-refractivity contribution in [1.29, 1.82) is 5.26 Å². The number of nitrogens with one attached hydrogen (secondary N) is 1. The molecule has 2 aromatic rings. The van der Waals surface area contributed by atoms with Crippen molar-refractivity contribution in [2.75, 3.05) is 11.5 Å². The highest BCUT2D eigenvalue weighted by atomic mass is 35.5. The fourth-order valence-electron chi connectivity index (χ4n) is 3.40. The van der Waals surface area contributed by atoms with Crippen LogP contribution in [0.1, 0.15) is 30.2 Å². The van der Waals surface area contributed by atoms with Crippen molar-refractivity contribution in [2.45, 2.75) is 37.0 Å². The third-order valence-corrected chi connectivity index (χ3v) is 5.56. The zero-order valence-electron chi connectivity index (χ0n) is 16.5. The summed E-state index contributed by atoms with van der Waals surface area (Å²) in [6, 6.07) is 1.90. The quantitative estimate of drug-likeness (QED) is 0.438. The maximum Gasteiger partial charge on any atom is 0.420 e. The minimum absolute atomic E-state index is 0.114. The molecule has 1 saturated carbocycles. The molecule has 1 fully saturated rings. The Hall–Kier alpha value is -2.79. The van der Waals surface area contributed by atoms with Gasteiger partial charge in [0.15, 0.2) is 11.2 Å². The molecule has 3 rings (SSSR count). The summed E-state index contributed by atoms with van der Waals surface area (Å²) in [7, 11) is 0. The Labute approximate surface area is 195 Å². The summed E-state index contributed by atoms with van der Waals surface area (Å²) in [4.78, 5) is 12.8. The number of nitriles is 1. The van der Waals surface area contributed by atoms with Crippen molar-refractivity contribution in [3.8, 4) is 6.07 Å². The average Bonchev–Trinajstić information content (AvgIpc) is 3.07. The molecule has 1 N–H and O–H groups in total. The molecule has 1 aromatic heterocycles. The number of carbonyl (C=O) groups is 1. The highest BCUT2D eigenvalue weighted by molar-refractivity contribution is 6.40.